The Morgan fingerprint density at radius 1 is 0.926 bits per heavy atom. The molecule has 0 aliphatic carbocycles. The van der Waals surface area contributed by atoms with Gasteiger partial charge in [-0.05, 0) is 43.2 Å². The number of hydrogen-bond donors (Lipinski definition) is 3. The summed E-state index contributed by atoms with van der Waals surface area (Å²) < 4.78 is 26.9. The monoisotopic (exact) mass is 389 g/mol. The van der Waals surface area contributed by atoms with Crippen molar-refractivity contribution < 1.29 is 18.0 Å². The molecule has 2 aromatic carbocycles. The molecule has 0 heterocycles. The van der Waals surface area contributed by atoms with Gasteiger partial charge in [0.2, 0.25) is 21.8 Å². The molecule has 0 aromatic heterocycles. The summed E-state index contributed by atoms with van der Waals surface area (Å²) in [5.41, 5.74) is 3.33. The van der Waals surface area contributed by atoms with E-state index < -0.39 is 10.0 Å². The minimum Gasteiger partial charge on any atom is -0.326 e. The van der Waals surface area contributed by atoms with Crippen molar-refractivity contribution in [1.29, 1.82) is 0 Å². The molecule has 0 atom stereocenters. The zero-order chi connectivity index (χ0) is 20.0. The fourth-order valence-electron chi connectivity index (χ4n) is 2.53. The van der Waals surface area contributed by atoms with Gasteiger partial charge in [-0.3, -0.25) is 14.3 Å². The van der Waals surface area contributed by atoms with Gasteiger partial charge < -0.3 is 10.6 Å². The highest BCUT2D eigenvalue weighted by Crippen LogP contribution is 2.20. The number of hydrogen-bond acceptors (Lipinski definition) is 4. The van der Waals surface area contributed by atoms with E-state index in [0.717, 1.165) is 11.1 Å². The molecule has 2 rings (SSSR count). The lowest BCUT2D eigenvalue weighted by Crippen LogP contribution is -2.22. The lowest BCUT2D eigenvalue weighted by Gasteiger charge is -2.12. The SMILES string of the molecule is CC(=O)Nc1cccc(NS(=O)(=O)CCC(=O)Nc2c(C)cccc2C)c1. The average Bonchev–Trinajstić information content (AvgIpc) is 2.56. The molecule has 0 saturated heterocycles. The molecule has 2 aromatic rings. The molecule has 0 saturated carbocycles. The van der Waals surface area contributed by atoms with Crippen LogP contribution in [-0.2, 0) is 19.6 Å². The van der Waals surface area contributed by atoms with Gasteiger partial charge in [-0.1, -0.05) is 24.3 Å². The molecule has 3 N–H and O–H groups in total. The van der Waals surface area contributed by atoms with Crippen LogP contribution in [0.1, 0.15) is 24.5 Å². The van der Waals surface area contributed by atoms with Crippen LogP contribution in [0, 0.1) is 13.8 Å². The Balaban J connectivity index is 1.96. The third-order valence-electron chi connectivity index (χ3n) is 3.80. The number of aryl methyl sites for hydroxylation is 2. The molecule has 0 aliphatic rings. The Labute approximate surface area is 159 Å². The van der Waals surface area contributed by atoms with Crippen LogP contribution in [0.5, 0.6) is 0 Å². The van der Waals surface area contributed by atoms with Gasteiger partial charge in [-0.25, -0.2) is 8.42 Å². The highest BCUT2D eigenvalue weighted by molar-refractivity contribution is 7.92. The van der Waals surface area contributed by atoms with Gasteiger partial charge in [-0.15, -0.1) is 0 Å². The number of amides is 2. The highest BCUT2D eigenvalue weighted by Gasteiger charge is 2.15. The van der Waals surface area contributed by atoms with Crippen molar-refractivity contribution in [3.05, 3.63) is 53.6 Å². The number of carbonyl (C=O) groups is 2. The van der Waals surface area contributed by atoms with Crippen LogP contribution in [0.3, 0.4) is 0 Å². The summed E-state index contributed by atoms with van der Waals surface area (Å²) in [4.78, 5) is 23.2. The second-order valence-electron chi connectivity index (χ2n) is 6.25. The number of benzene rings is 2. The second kappa shape index (κ2) is 8.68. The lowest BCUT2D eigenvalue weighted by molar-refractivity contribution is -0.116. The molecule has 0 fully saturated rings. The first-order valence-electron chi connectivity index (χ1n) is 8.40. The minimum atomic E-state index is -3.71. The molecule has 7 nitrogen and oxygen atoms in total. The average molecular weight is 389 g/mol. The van der Waals surface area contributed by atoms with E-state index in [-0.39, 0.29) is 24.0 Å². The first-order valence-corrected chi connectivity index (χ1v) is 10.1. The second-order valence-corrected chi connectivity index (χ2v) is 8.09. The van der Waals surface area contributed by atoms with Crippen LogP contribution in [0.15, 0.2) is 42.5 Å². The molecular weight excluding hydrogens is 366 g/mol. The van der Waals surface area contributed by atoms with Crippen molar-refractivity contribution in [2.45, 2.75) is 27.2 Å². The zero-order valence-corrected chi connectivity index (χ0v) is 16.3. The Bertz CT molecular complexity index is 935. The highest BCUT2D eigenvalue weighted by atomic mass is 32.2. The van der Waals surface area contributed by atoms with Crippen LogP contribution in [0.4, 0.5) is 17.1 Å². The Morgan fingerprint density at radius 3 is 2.15 bits per heavy atom. The molecular formula is C19H23N3O4S. The van der Waals surface area contributed by atoms with Crippen molar-refractivity contribution in [2.75, 3.05) is 21.1 Å². The summed E-state index contributed by atoms with van der Waals surface area (Å²) >= 11 is 0. The fraction of sp³-hybridized carbons (Fsp3) is 0.263. The van der Waals surface area contributed by atoms with Gasteiger partial charge in [-0.2, -0.15) is 0 Å². The molecule has 0 radical (unpaired) electrons. The summed E-state index contributed by atoms with van der Waals surface area (Å²) in [6.07, 6.45) is -0.172. The normalized spacial score (nSPS) is 10.9. The molecule has 0 spiro atoms. The van der Waals surface area contributed by atoms with Gasteiger partial charge in [0.15, 0.2) is 0 Å². The molecule has 8 heteroatoms. The zero-order valence-electron chi connectivity index (χ0n) is 15.5. The largest absolute Gasteiger partial charge is 0.326 e. The maximum absolute atomic E-state index is 12.2. The number of anilines is 3. The summed E-state index contributed by atoms with van der Waals surface area (Å²) in [7, 11) is -3.71. The standard InChI is InChI=1S/C19H23N3O4S/c1-13-6-4-7-14(2)19(13)21-18(24)10-11-27(25,26)22-17-9-5-8-16(12-17)20-15(3)23/h4-9,12,22H,10-11H2,1-3H3,(H,20,23)(H,21,24). The Kier molecular flexibility index (Phi) is 6.57. The summed E-state index contributed by atoms with van der Waals surface area (Å²) in [5.74, 6) is -0.975. The molecule has 0 bridgehead atoms. The number of carbonyl (C=O) groups excluding carboxylic acids is 2. The van der Waals surface area contributed by atoms with Gasteiger partial charge >= 0.3 is 0 Å². The number of nitrogens with one attached hydrogen (secondary N) is 3. The van der Waals surface area contributed by atoms with Gasteiger partial charge in [0.05, 0.1) is 11.4 Å². The summed E-state index contributed by atoms with van der Waals surface area (Å²) in [6, 6.07) is 12.0. The lowest BCUT2D eigenvalue weighted by atomic mass is 10.1. The molecule has 27 heavy (non-hydrogen) atoms. The van der Waals surface area contributed by atoms with Crippen molar-refractivity contribution in [3.63, 3.8) is 0 Å². The predicted molar refractivity (Wildman–Crippen MR) is 107 cm³/mol. The number of sulfonamides is 1. The topological polar surface area (TPSA) is 104 Å². The third kappa shape index (κ3) is 6.41. The van der Waals surface area contributed by atoms with E-state index in [1.165, 1.54) is 13.0 Å². The fourth-order valence-corrected chi connectivity index (χ4v) is 3.58. The number of rotatable bonds is 7. The van der Waals surface area contributed by atoms with E-state index in [1.807, 2.05) is 32.0 Å². The van der Waals surface area contributed by atoms with Crippen LogP contribution >= 0.6 is 0 Å². The van der Waals surface area contributed by atoms with Crippen molar-refractivity contribution in [2.24, 2.45) is 0 Å². The van der Waals surface area contributed by atoms with E-state index in [4.69, 9.17) is 0 Å². The predicted octanol–water partition coefficient (Wildman–Crippen LogP) is 3.03. The first-order chi connectivity index (χ1) is 12.7. The molecule has 0 unspecified atom stereocenters. The van der Waals surface area contributed by atoms with Gasteiger partial charge in [0.1, 0.15) is 0 Å². The third-order valence-corrected chi connectivity index (χ3v) is 5.09. The van der Waals surface area contributed by atoms with Crippen molar-refractivity contribution in [3.8, 4) is 0 Å². The number of para-hydroxylation sites is 1. The van der Waals surface area contributed by atoms with Crippen LogP contribution in [0.2, 0.25) is 0 Å². The maximum atomic E-state index is 12.2. The van der Waals surface area contributed by atoms with E-state index in [2.05, 4.69) is 15.4 Å². The smallest absolute Gasteiger partial charge is 0.233 e. The first kappa shape index (κ1) is 20.4. The Hall–Kier alpha value is -2.87. The van der Waals surface area contributed by atoms with E-state index in [0.29, 0.717) is 17.1 Å². The Morgan fingerprint density at radius 2 is 1.52 bits per heavy atom. The molecule has 144 valence electrons. The van der Waals surface area contributed by atoms with Crippen molar-refractivity contribution >= 4 is 38.9 Å². The molecule has 0 aliphatic heterocycles. The minimum absolute atomic E-state index is 0.172. The van der Waals surface area contributed by atoms with Gasteiger partial charge in [0, 0.05) is 24.7 Å². The van der Waals surface area contributed by atoms with E-state index in [1.54, 1.807) is 18.2 Å². The summed E-state index contributed by atoms with van der Waals surface area (Å²) in [5, 5.41) is 5.35. The quantitative estimate of drug-likeness (QED) is 0.677. The van der Waals surface area contributed by atoms with Crippen LogP contribution < -0.4 is 15.4 Å². The van der Waals surface area contributed by atoms with Crippen molar-refractivity contribution in [1.82, 2.24) is 0 Å². The van der Waals surface area contributed by atoms with E-state index >= 15 is 0 Å². The van der Waals surface area contributed by atoms with E-state index in [9.17, 15) is 18.0 Å². The molecule has 2 amide bonds. The van der Waals surface area contributed by atoms with Crippen LogP contribution in [-0.4, -0.2) is 26.0 Å². The van der Waals surface area contributed by atoms with Gasteiger partial charge in [0.25, 0.3) is 0 Å². The summed E-state index contributed by atoms with van der Waals surface area (Å²) in [6.45, 7) is 5.12. The van der Waals surface area contributed by atoms with Crippen LogP contribution in [0.25, 0.3) is 0 Å². The maximum Gasteiger partial charge on any atom is 0.233 e.